The molecule has 4 heteroatoms. The molecule has 0 aromatic carbocycles. The van der Waals surface area contributed by atoms with Crippen molar-refractivity contribution in [2.45, 2.75) is 25.7 Å². The summed E-state index contributed by atoms with van der Waals surface area (Å²) in [6, 6.07) is 0. The number of hydrogen-bond acceptors (Lipinski definition) is 3. The Morgan fingerprint density at radius 3 is 2.38 bits per heavy atom. The van der Waals surface area contributed by atoms with Crippen LogP contribution in [-0.2, 0) is 9.59 Å². The van der Waals surface area contributed by atoms with Crippen LogP contribution >= 0.6 is 0 Å². The van der Waals surface area contributed by atoms with E-state index in [-0.39, 0.29) is 23.7 Å². The lowest BCUT2D eigenvalue weighted by atomic mass is 9.95. The number of amides is 2. The van der Waals surface area contributed by atoms with Crippen molar-refractivity contribution in [1.82, 2.24) is 10.2 Å². The van der Waals surface area contributed by atoms with Gasteiger partial charge in [-0.25, -0.2) is 0 Å². The van der Waals surface area contributed by atoms with E-state index >= 15 is 0 Å². The van der Waals surface area contributed by atoms with Crippen LogP contribution < -0.4 is 5.32 Å². The molecule has 1 saturated carbocycles. The van der Waals surface area contributed by atoms with Crippen LogP contribution in [0.5, 0.6) is 0 Å². The molecule has 1 aliphatic carbocycles. The number of nitrogens with one attached hydrogen (secondary N) is 1. The van der Waals surface area contributed by atoms with Crippen LogP contribution in [0.25, 0.3) is 0 Å². The van der Waals surface area contributed by atoms with Crippen LogP contribution in [0.15, 0.2) is 0 Å². The molecule has 88 valence electrons. The predicted octanol–water partition coefficient (Wildman–Crippen LogP) is 0.381. The van der Waals surface area contributed by atoms with E-state index in [4.69, 9.17) is 0 Å². The fourth-order valence-corrected chi connectivity index (χ4v) is 3.29. The summed E-state index contributed by atoms with van der Waals surface area (Å²) in [5, 5.41) is 3.28. The molecular formula is C12H18N2O2. The van der Waals surface area contributed by atoms with Crippen LogP contribution in [0.1, 0.15) is 25.7 Å². The maximum absolute atomic E-state index is 12.1. The second kappa shape index (κ2) is 3.84. The number of piperidine rings is 1. The fraction of sp³-hybridized carbons (Fsp3) is 0.833. The first-order valence-electron chi connectivity index (χ1n) is 6.31. The number of hydrogen-bond donors (Lipinski definition) is 1. The van der Waals surface area contributed by atoms with Crippen molar-refractivity contribution in [2.24, 2.45) is 17.8 Å². The molecule has 3 unspecified atom stereocenters. The molecule has 3 rings (SSSR count). The highest BCUT2D eigenvalue weighted by molar-refractivity contribution is 6.00. The van der Waals surface area contributed by atoms with Crippen LogP contribution in [-0.4, -0.2) is 36.3 Å². The summed E-state index contributed by atoms with van der Waals surface area (Å²) in [5.74, 6) is 0.982. The fourth-order valence-electron chi connectivity index (χ4n) is 3.29. The topological polar surface area (TPSA) is 49.4 Å². The van der Waals surface area contributed by atoms with Gasteiger partial charge in [-0.2, -0.15) is 0 Å². The highest BCUT2D eigenvalue weighted by atomic mass is 16.2. The monoisotopic (exact) mass is 222 g/mol. The Labute approximate surface area is 95.4 Å². The zero-order valence-corrected chi connectivity index (χ0v) is 9.45. The number of fused-ring (bicyclic) bond motifs is 2. The molecular weight excluding hydrogens is 204 g/mol. The average Bonchev–Trinajstić information content (AvgIpc) is 2.92. The maximum atomic E-state index is 12.1. The summed E-state index contributed by atoms with van der Waals surface area (Å²) in [6.45, 7) is 2.62. The smallest absolute Gasteiger partial charge is 0.232 e. The van der Waals surface area contributed by atoms with Gasteiger partial charge in [-0.1, -0.05) is 0 Å². The third-order valence-corrected chi connectivity index (χ3v) is 4.27. The van der Waals surface area contributed by atoms with Gasteiger partial charge in [0.15, 0.2) is 0 Å². The van der Waals surface area contributed by atoms with Crippen molar-refractivity contribution in [1.29, 1.82) is 0 Å². The average molecular weight is 222 g/mol. The van der Waals surface area contributed by atoms with Crippen molar-refractivity contribution in [3.05, 3.63) is 0 Å². The number of carbonyl (C=O) groups excluding carboxylic acids is 2. The molecule has 2 bridgehead atoms. The third kappa shape index (κ3) is 1.56. The summed E-state index contributed by atoms with van der Waals surface area (Å²) in [7, 11) is 0. The Morgan fingerprint density at radius 2 is 1.81 bits per heavy atom. The minimum absolute atomic E-state index is 0.102. The van der Waals surface area contributed by atoms with Gasteiger partial charge in [0.25, 0.3) is 0 Å². The van der Waals surface area contributed by atoms with E-state index in [0.29, 0.717) is 12.5 Å². The molecule has 0 aromatic heterocycles. The summed E-state index contributed by atoms with van der Waals surface area (Å²) in [5.41, 5.74) is 0. The Kier molecular flexibility index (Phi) is 2.46. The Morgan fingerprint density at radius 1 is 1.12 bits per heavy atom. The van der Waals surface area contributed by atoms with Crippen LogP contribution in [0.2, 0.25) is 0 Å². The standard InChI is InChI=1S/C12H18N2O2/c15-11-9-1-2-10(5-9)12(16)14(11)7-8-3-4-13-6-8/h8-10,13H,1-7H2. The zero-order valence-electron chi connectivity index (χ0n) is 9.45. The molecule has 0 spiro atoms. The second-order valence-electron chi connectivity index (χ2n) is 5.35. The van der Waals surface area contributed by atoms with E-state index in [1.807, 2.05) is 0 Å². The summed E-state index contributed by atoms with van der Waals surface area (Å²) < 4.78 is 0. The van der Waals surface area contributed by atoms with E-state index in [1.54, 1.807) is 4.90 Å². The zero-order chi connectivity index (χ0) is 11.1. The van der Waals surface area contributed by atoms with E-state index < -0.39 is 0 Å². The summed E-state index contributed by atoms with van der Waals surface area (Å²) in [6.07, 6.45) is 3.76. The van der Waals surface area contributed by atoms with Crippen LogP contribution in [0, 0.1) is 17.8 Å². The maximum Gasteiger partial charge on any atom is 0.232 e. The van der Waals surface area contributed by atoms with Gasteiger partial charge in [0.2, 0.25) is 11.8 Å². The lowest BCUT2D eigenvalue weighted by Crippen LogP contribution is -2.48. The molecule has 3 fully saturated rings. The quantitative estimate of drug-likeness (QED) is 0.687. The van der Waals surface area contributed by atoms with Crippen molar-refractivity contribution in [2.75, 3.05) is 19.6 Å². The first-order valence-corrected chi connectivity index (χ1v) is 6.31. The number of nitrogens with zero attached hydrogens (tertiary/aromatic N) is 1. The van der Waals surface area contributed by atoms with E-state index in [1.165, 1.54) is 0 Å². The van der Waals surface area contributed by atoms with Gasteiger partial charge in [0.05, 0.1) is 0 Å². The Hall–Kier alpha value is -0.900. The summed E-state index contributed by atoms with van der Waals surface area (Å²) in [4.78, 5) is 25.7. The third-order valence-electron chi connectivity index (χ3n) is 4.27. The molecule has 1 N–H and O–H groups in total. The van der Waals surface area contributed by atoms with Gasteiger partial charge in [0, 0.05) is 18.4 Å². The van der Waals surface area contributed by atoms with Crippen molar-refractivity contribution < 1.29 is 9.59 Å². The molecule has 0 radical (unpaired) electrons. The first kappa shape index (κ1) is 10.3. The lowest BCUT2D eigenvalue weighted by Gasteiger charge is -2.31. The normalized spacial score (nSPS) is 38.5. The van der Waals surface area contributed by atoms with Crippen LogP contribution in [0.3, 0.4) is 0 Å². The van der Waals surface area contributed by atoms with Crippen molar-refractivity contribution in [3.8, 4) is 0 Å². The Bertz CT molecular complexity index is 301. The van der Waals surface area contributed by atoms with E-state index in [0.717, 1.165) is 38.8 Å². The van der Waals surface area contributed by atoms with Crippen molar-refractivity contribution >= 4 is 11.8 Å². The number of carbonyl (C=O) groups is 2. The van der Waals surface area contributed by atoms with E-state index in [9.17, 15) is 9.59 Å². The predicted molar refractivity (Wildman–Crippen MR) is 58.5 cm³/mol. The molecule has 2 amide bonds. The Balaban J connectivity index is 1.72. The SMILES string of the molecule is O=C1C2CCC(C2)C(=O)N1CC1CCNC1. The van der Waals surface area contributed by atoms with Gasteiger partial charge in [0.1, 0.15) is 0 Å². The molecule has 0 aromatic rings. The van der Waals surface area contributed by atoms with Gasteiger partial charge < -0.3 is 5.32 Å². The molecule has 2 heterocycles. The lowest BCUT2D eigenvalue weighted by molar-refractivity contribution is -0.153. The number of rotatable bonds is 2. The minimum Gasteiger partial charge on any atom is -0.316 e. The number of imide groups is 1. The number of likely N-dealkylation sites (tertiary alicyclic amines) is 1. The van der Waals surface area contributed by atoms with Gasteiger partial charge >= 0.3 is 0 Å². The molecule has 2 saturated heterocycles. The van der Waals surface area contributed by atoms with E-state index in [2.05, 4.69) is 5.32 Å². The van der Waals surface area contributed by atoms with Gasteiger partial charge in [-0.15, -0.1) is 0 Å². The van der Waals surface area contributed by atoms with Gasteiger partial charge in [-0.05, 0) is 44.7 Å². The first-order chi connectivity index (χ1) is 7.75. The largest absolute Gasteiger partial charge is 0.316 e. The highest BCUT2D eigenvalue weighted by Crippen LogP contribution is 2.38. The molecule has 3 atom stereocenters. The van der Waals surface area contributed by atoms with Crippen molar-refractivity contribution in [3.63, 3.8) is 0 Å². The molecule has 3 aliphatic rings. The minimum atomic E-state index is 0.102. The van der Waals surface area contributed by atoms with Crippen LogP contribution in [0.4, 0.5) is 0 Å². The molecule has 4 nitrogen and oxygen atoms in total. The molecule has 2 aliphatic heterocycles. The summed E-state index contributed by atoms with van der Waals surface area (Å²) >= 11 is 0. The second-order valence-corrected chi connectivity index (χ2v) is 5.35. The van der Waals surface area contributed by atoms with Gasteiger partial charge in [-0.3, -0.25) is 14.5 Å². The highest BCUT2D eigenvalue weighted by Gasteiger charge is 2.45. The molecule has 16 heavy (non-hydrogen) atoms.